The van der Waals surface area contributed by atoms with Crippen LogP contribution in [0.2, 0.25) is 0 Å². The fourth-order valence-corrected chi connectivity index (χ4v) is 2.77. The molecular formula is C15H22N4O. The lowest BCUT2D eigenvalue weighted by Gasteiger charge is -2.30. The van der Waals surface area contributed by atoms with Crippen LogP contribution in [-0.4, -0.2) is 28.5 Å². The number of piperidine rings is 1. The first-order valence-corrected chi connectivity index (χ1v) is 7.22. The number of hydrogen-bond acceptors (Lipinski definition) is 3. The van der Waals surface area contributed by atoms with Crippen LogP contribution in [0.1, 0.15) is 38.1 Å². The van der Waals surface area contributed by atoms with Gasteiger partial charge in [0.2, 0.25) is 5.91 Å². The summed E-state index contributed by atoms with van der Waals surface area (Å²) in [5.41, 5.74) is 7.85. The molecule has 20 heavy (non-hydrogen) atoms. The highest BCUT2D eigenvalue weighted by molar-refractivity contribution is 5.76. The second-order valence-electron chi connectivity index (χ2n) is 5.55. The van der Waals surface area contributed by atoms with Crippen molar-refractivity contribution in [2.24, 2.45) is 5.92 Å². The van der Waals surface area contributed by atoms with E-state index in [4.69, 9.17) is 11.0 Å². The minimum absolute atomic E-state index is 0.0821. The van der Waals surface area contributed by atoms with Crippen LogP contribution in [0.5, 0.6) is 0 Å². The van der Waals surface area contributed by atoms with Gasteiger partial charge in [0.15, 0.2) is 0 Å². The van der Waals surface area contributed by atoms with Gasteiger partial charge in [0, 0.05) is 18.8 Å². The van der Waals surface area contributed by atoms with Gasteiger partial charge >= 0.3 is 0 Å². The molecular weight excluding hydrogens is 252 g/mol. The second-order valence-corrected chi connectivity index (χ2v) is 5.55. The molecule has 1 saturated heterocycles. The number of carbonyl (C=O) groups excluding carboxylic acids is 1. The first-order valence-electron chi connectivity index (χ1n) is 7.22. The predicted octanol–water partition coefficient (Wildman–Crippen LogP) is 1.76. The third kappa shape index (κ3) is 2.79. The zero-order valence-electron chi connectivity index (χ0n) is 12.2. The molecule has 0 bridgehead atoms. The monoisotopic (exact) mass is 274 g/mol. The first-order chi connectivity index (χ1) is 9.56. The van der Waals surface area contributed by atoms with Gasteiger partial charge in [0.05, 0.1) is 5.69 Å². The topological polar surface area (TPSA) is 75.0 Å². The molecule has 0 aliphatic carbocycles. The summed E-state index contributed by atoms with van der Waals surface area (Å²) in [7, 11) is 0. The lowest BCUT2D eigenvalue weighted by Crippen LogP contribution is -2.40. The standard InChI is InChI=1S/C15H22N4O/c1-3-14-13(17)8-12(9-16)19(14)10-15(20)18-6-4-11(2)5-7-18/h8,11H,3-7,10,17H2,1-2H3. The Morgan fingerprint density at radius 3 is 2.70 bits per heavy atom. The maximum absolute atomic E-state index is 12.4. The summed E-state index contributed by atoms with van der Waals surface area (Å²) in [4.78, 5) is 14.3. The molecule has 108 valence electrons. The van der Waals surface area contributed by atoms with Crippen LogP contribution in [-0.2, 0) is 17.8 Å². The molecule has 0 unspecified atom stereocenters. The Hall–Kier alpha value is -1.96. The normalized spacial score (nSPS) is 16.1. The zero-order chi connectivity index (χ0) is 14.7. The number of rotatable bonds is 3. The molecule has 0 aromatic carbocycles. The number of carbonyl (C=O) groups is 1. The van der Waals surface area contributed by atoms with Crippen LogP contribution in [0.15, 0.2) is 6.07 Å². The number of hydrogen-bond donors (Lipinski definition) is 1. The van der Waals surface area contributed by atoms with Crippen molar-refractivity contribution in [3.63, 3.8) is 0 Å². The number of nitrogens with two attached hydrogens (primary N) is 1. The molecule has 0 spiro atoms. The number of nitrogen functional groups attached to an aromatic ring is 1. The zero-order valence-corrected chi connectivity index (χ0v) is 12.2. The Morgan fingerprint density at radius 2 is 2.15 bits per heavy atom. The van der Waals surface area contributed by atoms with Gasteiger partial charge in [-0.1, -0.05) is 13.8 Å². The summed E-state index contributed by atoms with van der Waals surface area (Å²) in [5.74, 6) is 0.779. The molecule has 1 amide bonds. The fraction of sp³-hybridized carbons (Fsp3) is 0.600. The molecule has 0 saturated carbocycles. The van der Waals surface area contributed by atoms with Crippen molar-refractivity contribution in [2.75, 3.05) is 18.8 Å². The van der Waals surface area contributed by atoms with Gasteiger partial charge in [-0.05, 0) is 31.2 Å². The van der Waals surface area contributed by atoms with E-state index in [9.17, 15) is 4.79 Å². The van der Waals surface area contributed by atoms with Gasteiger partial charge in [0.25, 0.3) is 0 Å². The molecule has 5 heteroatoms. The van der Waals surface area contributed by atoms with Crippen molar-refractivity contribution in [3.8, 4) is 6.07 Å². The Bertz CT molecular complexity index is 533. The molecule has 1 aromatic rings. The SMILES string of the molecule is CCc1c(N)cc(C#N)n1CC(=O)N1CCC(C)CC1. The van der Waals surface area contributed by atoms with E-state index in [1.54, 1.807) is 10.6 Å². The van der Waals surface area contributed by atoms with E-state index < -0.39 is 0 Å². The summed E-state index contributed by atoms with van der Waals surface area (Å²) in [6, 6.07) is 3.78. The largest absolute Gasteiger partial charge is 0.397 e. The Morgan fingerprint density at radius 1 is 1.50 bits per heavy atom. The average Bonchev–Trinajstić information content (AvgIpc) is 2.74. The Labute approximate surface area is 120 Å². The maximum Gasteiger partial charge on any atom is 0.242 e. The van der Waals surface area contributed by atoms with Gasteiger partial charge in [-0.3, -0.25) is 4.79 Å². The highest BCUT2D eigenvalue weighted by atomic mass is 16.2. The molecule has 2 rings (SSSR count). The van der Waals surface area contributed by atoms with Gasteiger partial charge < -0.3 is 15.2 Å². The quantitative estimate of drug-likeness (QED) is 0.912. The van der Waals surface area contributed by atoms with Crippen LogP contribution in [0.25, 0.3) is 0 Å². The van der Waals surface area contributed by atoms with Gasteiger partial charge in [0.1, 0.15) is 18.3 Å². The van der Waals surface area contributed by atoms with E-state index in [2.05, 4.69) is 13.0 Å². The van der Waals surface area contributed by atoms with E-state index in [0.717, 1.165) is 38.0 Å². The Balaban J connectivity index is 2.13. The number of nitriles is 1. The van der Waals surface area contributed by atoms with Crippen molar-refractivity contribution >= 4 is 11.6 Å². The average molecular weight is 274 g/mol. The van der Waals surface area contributed by atoms with E-state index in [-0.39, 0.29) is 12.5 Å². The van der Waals surface area contributed by atoms with Crippen molar-refractivity contribution in [2.45, 2.75) is 39.7 Å². The first kappa shape index (κ1) is 14.4. The van der Waals surface area contributed by atoms with Crippen LogP contribution in [0, 0.1) is 17.2 Å². The van der Waals surface area contributed by atoms with E-state index in [1.165, 1.54) is 0 Å². The van der Waals surface area contributed by atoms with Crippen molar-refractivity contribution in [3.05, 3.63) is 17.5 Å². The van der Waals surface area contributed by atoms with Crippen LogP contribution < -0.4 is 5.73 Å². The van der Waals surface area contributed by atoms with Crippen molar-refractivity contribution < 1.29 is 4.79 Å². The molecule has 1 aliphatic heterocycles. The van der Waals surface area contributed by atoms with Gasteiger partial charge in [-0.2, -0.15) is 5.26 Å². The van der Waals surface area contributed by atoms with Crippen LogP contribution in [0.4, 0.5) is 5.69 Å². The number of amides is 1. The number of anilines is 1. The summed E-state index contributed by atoms with van der Waals surface area (Å²) in [6.07, 6.45) is 2.84. The minimum atomic E-state index is 0.0821. The molecule has 0 atom stereocenters. The van der Waals surface area contributed by atoms with Crippen LogP contribution in [0.3, 0.4) is 0 Å². The molecule has 2 N–H and O–H groups in total. The molecule has 1 aliphatic rings. The second kappa shape index (κ2) is 6.00. The Kier molecular flexibility index (Phi) is 4.33. The third-order valence-corrected chi connectivity index (χ3v) is 4.12. The van der Waals surface area contributed by atoms with Crippen molar-refractivity contribution in [1.82, 2.24) is 9.47 Å². The molecule has 1 aromatic heterocycles. The number of nitrogens with zero attached hydrogens (tertiary/aromatic N) is 3. The molecule has 0 radical (unpaired) electrons. The lowest BCUT2D eigenvalue weighted by atomic mass is 9.99. The number of aromatic nitrogens is 1. The van der Waals surface area contributed by atoms with Gasteiger partial charge in [-0.15, -0.1) is 0 Å². The summed E-state index contributed by atoms with van der Waals surface area (Å²) >= 11 is 0. The summed E-state index contributed by atoms with van der Waals surface area (Å²) in [5, 5.41) is 9.16. The maximum atomic E-state index is 12.4. The smallest absolute Gasteiger partial charge is 0.242 e. The van der Waals surface area contributed by atoms with Crippen LogP contribution >= 0.6 is 0 Å². The van der Waals surface area contributed by atoms with E-state index >= 15 is 0 Å². The van der Waals surface area contributed by atoms with Gasteiger partial charge in [-0.25, -0.2) is 0 Å². The molecule has 1 fully saturated rings. The highest BCUT2D eigenvalue weighted by Gasteiger charge is 2.22. The predicted molar refractivity (Wildman–Crippen MR) is 77.9 cm³/mol. The molecule has 5 nitrogen and oxygen atoms in total. The molecule has 2 heterocycles. The minimum Gasteiger partial charge on any atom is -0.397 e. The summed E-state index contributed by atoms with van der Waals surface area (Å²) < 4.78 is 1.76. The number of likely N-dealkylation sites (tertiary alicyclic amines) is 1. The van der Waals surface area contributed by atoms with E-state index in [0.29, 0.717) is 17.3 Å². The highest BCUT2D eigenvalue weighted by Crippen LogP contribution is 2.20. The fourth-order valence-electron chi connectivity index (χ4n) is 2.77. The van der Waals surface area contributed by atoms with Crippen molar-refractivity contribution in [1.29, 1.82) is 5.26 Å². The third-order valence-electron chi connectivity index (χ3n) is 4.12. The van der Waals surface area contributed by atoms with E-state index in [1.807, 2.05) is 11.8 Å². The lowest BCUT2D eigenvalue weighted by molar-refractivity contribution is -0.133. The summed E-state index contributed by atoms with van der Waals surface area (Å²) in [6.45, 7) is 6.06.